The van der Waals surface area contributed by atoms with Gasteiger partial charge in [-0.3, -0.25) is 9.69 Å². The Labute approximate surface area is 174 Å². The lowest BCUT2D eigenvalue weighted by Crippen LogP contribution is -2.54. The monoisotopic (exact) mass is 435 g/mol. The molecule has 0 bridgehead atoms. The van der Waals surface area contributed by atoms with Crippen LogP contribution in [0.3, 0.4) is 0 Å². The second kappa shape index (κ2) is 10.4. The molecular formula is C16H23Cl2N5O3S. The Morgan fingerprint density at radius 1 is 1.30 bits per heavy atom. The van der Waals surface area contributed by atoms with Crippen molar-refractivity contribution in [3.05, 3.63) is 23.4 Å². The Kier molecular flexibility index (Phi) is 8.46. The van der Waals surface area contributed by atoms with Crippen molar-refractivity contribution in [1.29, 1.82) is 0 Å². The lowest BCUT2D eigenvalue weighted by molar-refractivity contribution is -0.147. The van der Waals surface area contributed by atoms with Crippen molar-refractivity contribution in [3.63, 3.8) is 0 Å². The van der Waals surface area contributed by atoms with Gasteiger partial charge in [0, 0.05) is 39.3 Å². The van der Waals surface area contributed by atoms with Gasteiger partial charge in [-0.25, -0.2) is 0 Å². The number of nitrogens with zero attached hydrogens (tertiary/aromatic N) is 4. The topological polar surface area (TPSA) is 83.7 Å². The van der Waals surface area contributed by atoms with E-state index in [4.69, 9.17) is 9.26 Å². The second-order valence-electron chi connectivity index (χ2n) is 6.15. The summed E-state index contributed by atoms with van der Waals surface area (Å²) in [6.45, 7) is 5.62. The number of carbonyl (C=O) groups excluding carboxylic acids is 1. The first-order valence-electron chi connectivity index (χ1n) is 8.49. The fraction of sp³-hybridized carbons (Fsp3) is 0.562. The molecule has 27 heavy (non-hydrogen) atoms. The Hall–Kier alpha value is -1.23. The SMILES string of the molecule is Cl.Cl.O=C(C1CNCCO1)N1CCN(Cc2nc(-c3cccs3)no2)CC1. The Bertz CT molecular complexity index is 701. The average Bonchev–Trinajstić information content (AvgIpc) is 3.34. The maximum absolute atomic E-state index is 12.5. The number of aromatic nitrogens is 2. The van der Waals surface area contributed by atoms with Crippen LogP contribution in [0.15, 0.2) is 22.0 Å². The van der Waals surface area contributed by atoms with Gasteiger partial charge in [-0.1, -0.05) is 11.2 Å². The van der Waals surface area contributed by atoms with Crippen molar-refractivity contribution in [2.45, 2.75) is 12.6 Å². The van der Waals surface area contributed by atoms with Crippen LogP contribution < -0.4 is 5.32 Å². The lowest BCUT2D eigenvalue weighted by Gasteiger charge is -2.36. The van der Waals surface area contributed by atoms with Crippen molar-refractivity contribution in [3.8, 4) is 10.7 Å². The number of hydrogen-bond acceptors (Lipinski definition) is 8. The predicted octanol–water partition coefficient (Wildman–Crippen LogP) is 1.27. The van der Waals surface area contributed by atoms with Gasteiger partial charge in [0.05, 0.1) is 18.0 Å². The van der Waals surface area contributed by atoms with Crippen LogP contribution in [-0.2, 0) is 16.1 Å². The van der Waals surface area contributed by atoms with Crippen LogP contribution in [0.25, 0.3) is 10.7 Å². The summed E-state index contributed by atoms with van der Waals surface area (Å²) in [7, 11) is 0. The first-order valence-corrected chi connectivity index (χ1v) is 9.37. The van der Waals surface area contributed by atoms with Crippen LogP contribution in [-0.4, -0.2) is 77.8 Å². The van der Waals surface area contributed by atoms with Crippen molar-refractivity contribution in [2.75, 3.05) is 45.9 Å². The van der Waals surface area contributed by atoms with Gasteiger partial charge < -0.3 is 19.5 Å². The number of halogens is 2. The standard InChI is InChI=1S/C16H21N5O3S.2ClH/c22-16(12-10-17-3-8-23-12)21-6-4-20(5-7-21)11-14-18-15(19-24-14)13-2-1-9-25-13;;/h1-2,9,12,17H,3-8,10-11H2;2*1H. The van der Waals surface area contributed by atoms with Gasteiger partial charge in [0.15, 0.2) is 0 Å². The van der Waals surface area contributed by atoms with Gasteiger partial charge in [-0.15, -0.1) is 36.2 Å². The number of rotatable bonds is 4. The van der Waals surface area contributed by atoms with E-state index >= 15 is 0 Å². The van der Waals surface area contributed by atoms with E-state index in [1.807, 2.05) is 22.4 Å². The molecule has 4 heterocycles. The zero-order chi connectivity index (χ0) is 17.1. The van der Waals surface area contributed by atoms with Crippen molar-refractivity contribution >= 4 is 42.1 Å². The molecular weight excluding hydrogens is 413 g/mol. The molecule has 1 atom stereocenters. The number of ether oxygens (including phenoxy) is 1. The third-order valence-electron chi connectivity index (χ3n) is 4.46. The van der Waals surface area contributed by atoms with Gasteiger partial charge in [-0.2, -0.15) is 4.98 Å². The molecule has 0 spiro atoms. The highest BCUT2D eigenvalue weighted by atomic mass is 35.5. The van der Waals surface area contributed by atoms with E-state index in [9.17, 15) is 4.79 Å². The molecule has 0 aliphatic carbocycles. The van der Waals surface area contributed by atoms with Crippen LogP contribution in [0.5, 0.6) is 0 Å². The molecule has 11 heteroatoms. The quantitative estimate of drug-likeness (QED) is 0.773. The van der Waals surface area contributed by atoms with E-state index in [-0.39, 0.29) is 36.8 Å². The molecule has 1 N–H and O–H groups in total. The minimum Gasteiger partial charge on any atom is -0.366 e. The fourth-order valence-electron chi connectivity index (χ4n) is 3.07. The molecule has 2 aliphatic heterocycles. The van der Waals surface area contributed by atoms with Gasteiger partial charge in [0.1, 0.15) is 6.10 Å². The summed E-state index contributed by atoms with van der Waals surface area (Å²) in [6.07, 6.45) is -0.343. The average molecular weight is 436 g/mol. The molecule has 2 aromatic rings. The number of thiophene rings is 1. The third-order valence-corrected chi connectivity index (χ3v) is 5.32. The van der Waals surface area contributed by atoms with E-state index in [1.165, 1.54) is 0 Å². The van der Waals surface area contributed by atoms with Gasteiger partial charge in [0.2, 0.25) is 11.7 Å². The molecule has 0 aromatic carbocycles. The molecule has 1 amide bonds. The minimum absolute atomic E-state index is 0. The summed E-state index contributed by atoms with van der Waals surface area (Å²) >= 11 is 1.59. The van der Waals surface area contributed by atoms with Crippen LogP contribution in [0.4, 0.5) is 0 Å². The van der Waals surface area contributed by atoms with E-state index in [0.717, 1.165) is 24.5 Å². The van der Waals surface area contributed by atoms with E-state index < -0.39 is 0 Å². The summed E-state index contributed by atoms with van der Waals surface area (Å²) in [4.78, 5) is 22.0. The van der Waals surface area contributed by atoms with Crippen LogP contribution in [0, 0.1) is 0 Å². The number of nitrogens with one attached hydrogen (secondary N) is 1. The van der Waals surface area contributed by atoms with E-state index in [2.05, 4.69) is 20.4 Å². The highest BCUT2D eigenvalue weighted by Crippen LogP contribution is 2.21. The Morgan fingerprint density at radius 2 is 2.11 bits per heavy atom. The summed E-state index contributed by atoms with van der Waals surface area (Å²) in [5.74, 6) is 1.34. The minimum atomic E-state index is -0.343. The third kappa shape index (κ3) is 5.40. The molecule has 8 nitrogen and oxygen atoms in total. The first kappa shape index (κ1) is 22.1. The molecule has 2 saturated heterocycles. The molecule has 150 valence electrons. The number of morpholine rings is 1. The van der Waals surface area contributed by atoms with Crippen LogP contribution in [0.1, 0.15) is 5.89 Å². The predicted molar refractivity (Wildman–Crippen MR) is 107 cm³/mol. The number of amides is 1. The highest BCUT2D eigenvalue weighted by Gasteiger charge is 2.29. The maximum atomic E-state index is 12.5. The zero-order valence-electron chi connectivity index (χ0n) is 14.7. The van der Waals surface area contributed by atoms with Gasteiger partial charge in [-0.05, 0) is 11.4 Å². The number of piperazine rings is 1. The summed E-state index contributed by atoms with van der Waals surface area (Å²) in [6, 6.07) is 3.95. The highest BCUT2D eigenvalue weighted by molar-refractivity contribution is 7.13. The number of hydrogen-bond donors (Lipinski definition) is 1. The largest absolute Gasteiger partial charge is 0.366 e. The molecule has 2 fully saturated rings. The molecule has 0 saturated carbocycles. The maximum Gasteiger partial charge on any atom is 0.253 e. The lowest BCUT2D eigenvalue weighted by atomic mass is 10.2. The van der Waals surface area contributed by atoms with E-state index in [0.29, 0.717) is 44.5 Å². The van der Waals surface area contributed by atoms with Gasteiger partial charge in [0.25, 0.3) is 5.91 Å². The second-order valence-corrected chi connectivity index (χ2v) is 7.10. The molecule has 0 radical (unpaired) electrons. The molecule has 2 aromatic heterocycles. The van der Waals surface area contributed by atoms with Crippen molar-refractivity contribution < 1.29 is 14.1 Å². The molecule has 2 aliphatic rings. The fourth-order valence-corrected chi connectivity index (χ4v) is 3.72. The van der Waals surface area contributed by atoms with Crippen molar-refractivity contribution in [2.24, 2.45) is 0 Å². The Balaban J connectivity index is 0.00000131. The van der Waals surface area contributed by atoms with Crippen LogP contribution >= 0.6 is 36.2 Å². The summed E-state index contributed by atoms with van der Waals surface area (Å²) in [5, 5.41) is 9.23. The summed E-state index contributed by atoms with van der Waals surface area (Å²) < 4.78 is 10.9. The van der Waals surface area contributed by atoms with E-state index in [1.54, 1.807) is 11.3 Å². The molecule has 1 unspecified atom stereocenters. The van der Waals surface area contributed by atoms with Gasteiger partial charge >= 0.3 is 0 Å². The Morgan fingerprint density at radius 3 is 2.78 bits per heavy atom. The molecule has 4 rings (SSSR count). The zero-order valence-corrected chi connectivity index (χ0v) is 17.2. The smallest absolute Gasteiger partial charge is 0.253 e. The van der Waals surface area contributed by atoms with Crippen LogP contribution in [0.2, 0.25) is 0 Å². The normalized spacial score (nSPS) is 20.6. The first-order chi connectivity index (χ1) is 12.3. The van der Waals surface area contributed by atoms with Crippen molar-refractivity contribution in [1.82, 2.24) is 25.3 Å². The summed E-state index contributed by atoms with van der Waals surface area (Å²) in [5.41, 5.74) is 0. The number of carbonyl (C=O) groups is 1.